The third kappa shape index (κ3) is 3.95. The number of aromatic carboxylic acids is 2. The van der Waals surface area contributed by atoms with Crippen LogP contribution in [-0.2, 0) is 0 Å². The summed E-state index contributed by atoms with van der Waals surface area (Å²) in [7, 11) is 3.55. The van der Waals surface area contributed by atoms with Gasteiger partial charge in [0.1, 0.15) is 22.6 Å². The monoisotopic (exact) mass is 345 g/mol. The third-order valence-corrected chi connectivity index (χ3v) is 3.18. The van der Waals surface area contributed by atoms with Gasteiger partial charge in [-0.15, -0.1) is 0 Å². The molecule has 0 spiro atoms. The Morgan fingerprint density at radius 3 is 1.52 bits per heavy atom. The number of benzene rings is 2. The van der Waals surface area contributed by atoms with Gasteiger partial charge in [0.2, 0.25) is 0 Å². The lowest BCUT2D eigenvalue weighted by molar-refractivity contribution is 0.0682. The molecule has 0 heterocycles. The average molecular weight is 345 g/mol. The molecule has 25 heavy (non-hydrogen) atoms. The Morgan fingerprint density at radius 1 is 0.800 bits per heavy atom. The Balaban J connectivity index is 2.17. The molecule has 0 aliphatic carbocycles. The number of hydrogen-bond acceptors (Lipinski definition) is 6. The van der Waals surface area contributed by atoms with Crippen LogP contribution in [0.4, 0.5) is 0 Å². The molecule has 2 aromatic carbocycles. The van der Waals surface area contributed by atoms with Crippen molar-refractivity contribution in [3.63, 3.8) is 0 Å². The van der Waals surface area contributed by atoms with E-state index in [1.807, 2.05) is 0 Å². The van der Waals surface area contributed by atoms with E-state index in [4.69, 9.17) is 29.0 Å². The van der Waals surface area contributed by atoms with Crippen molar-refractivity contribution in [3.8, 4) is 23.0 Å². The van der Waals surface area contributed by atoms with Gasteiger partial charge in [-0.05, 0) is 24.3 Å². The molecule has 0 atom stereocenters. The van der Waals surface area contributed by atoms with Crippen molar-refractivity contribution in [2.45, 2.75) is 0 Å². The maximum atomic E-state index is 11.2. The largest absolute Gasteiger partial charge is 0.658 e. The molecule has 9 heteroatoms. The van der Waals surface area contributed by atoms with Crippen molar-refractivity contribution in [2.75, 3.05) is 14.2 Å². The van der Waals surface area contributed by atoms with E-state index < -0.39 is 11.9 Å². The second-order valence-electron chi connectivity index (χ2n) is 4.62. The van der Waals surface area contributed by atoms with Crippen LogP contribution in [0.15, 0.2) is 36.4 Å². The Labute approximate surface area is 143 Å². The predicted octanol–water partition coefficient (Wildman–Crippen LogP) is 2.09. The Hall–Kier alpha value is -3.36. The molecule has 0 fully saturated rings. The second kappa shape index (κ2) is 7.96. The van der Waals surface area contributed by atoms with Gasteiger partial charge in [-0.1, -0.05) is 12.1 Å². The van der Waals surface area contributed by atoms with Crippen LogP contribution in [0.5, 0.6) is 23.0 Å². The Bertz CT molecular complexity index is 724. The van der Waals surface area contributed by atoms with Crippen LogP contribution in [-0.4, -0.2) is 44.1 Å². The van der Waals surface area contributed by atoms with Gasteiger partial charge in [-0.2, -0.15) is 0 Å². The molecule has 2 aromatic rings. The van der Waals surface area contributed by atoms with Crippen LogP contribution in [0.3, 0.4) is 0 Å². The summed E-state index contributed by atoms with van der Waals surface area (Å²) in [5, 5.41) is 18.3. The Kier molecular flexibility index (Phi) is 5.73. The first-order chi connectivity index (χ1) is 12.0. The number of para-hydroxylation sites is 2. The standard InChI is InChI=1S/C16H14BO8/c1-22-13-9(15(18)19)5-3-7-11(13)24-17-25-12-8-4-6-10(16(20)21)14(12)23-2/h3-8H,1-2H3,(H,18,19)(H,20,21). The average Bonchev–Trinajstić information content (AvgIpc) is 2.60. The van der Waals surface area contributed by atoms with E-state index >= 15 is 0 Å². The fourth-order valence-electron chi connectivity index (χ4n) is 2.10. The van der Waals surface area contributed by atoms with Gasteiger partial charge >= 0.3 is 19.6 Å². The number of ether oxygens (including phenoxy) is 2. The summed E-state index contributed by atoms with van der Waals surface area (Å²) in [4.78, 5) is 22.3. The molecule has 2 rings (SSSR count). The topological polar surface area (TPSA) is 112 Å². The lowest BCUT2D eigenvalue weighted by Crippen LogP contribution is -2.14. The molecule has 0 aromatic heterocycles. The number of carbonyl (C=O) groups is 2. The van der Waals surface area contributed by atoms with Crippen molar-refractivity contribution < 1.29 is 38.6 Å². The first-order valence-electron chi connectivity index (χ1n) is 6.95. The number of hydrogen-bond donors (Lipinski definition) is 2. The molecule has 0 aliphatic heterocycles. The minimum absolute atomic E-state index is 0.0288. The molecule has 1 radical (unpaired) electrons. The summed E-state index contributed by atoms with van der Waals surface area (Å²) in [6.45, 7) is 0. The maximum absolute atomic E-state index is 11.2. The molecule has 8 nitrogen and oxygen atoms in total. The number of rotatable bonds is 8. The lowest BCUT2D eigenvalue weighted by atomic mass is 10.1. The highest BCUT2D eigenvalue weighted by atomic mass is 16.6. The number of carboxylic acids is 2. The summed E-state index contributed by atoms with van der Waals surface area (Å²) in [6.07, 6.45) is 0. The van der Waals surface area contributed by atoms with E-state index in [0.29, 0.717) is 0 Å². The van der Waals surface area contributed by atoms with Crippen molar-refractivity contribution >= 4 is 19.6 Å². The predicted molar refractivity (Wildman–Crippen MR) is 86.9 cm³/mol. The molecule has 129 valence electrons. The third-order valence-electron chi connectivity index (χ3n) is 3.18. The summed E-state index contributed by atoms with van der Waals surface area (Å²) in [5.74, 6) is -2.04. The second-order valence-corrected chi connectivity index (χ2v) is 4.62. The highest BCUT2D eigenvalue weighted by Crippen LogP contribution is 2.33. The first kappa shape index (κ1) is 18.0. The van der Waals surface area contributed by atoms with E-state index in [1.54, 1.807) is 0 Å². The molecule has 0 saturated carbocycles. The van der Waals surface area contributed by atoms with Gasteiger partial charge in [0.15, 0.2) is 11.5 Å². The minimum Gasteiger partial charge on any atom is -0.524 e. The lowest BCUT2D eigenvalue weighted by Gasteiger charge is -2.14. The number of carboxylic acid groups (broad SMARTS) is 2. The van der Waals surface area contributed by atoms with Gasteiger partial charge in [0.25, 0.3) is 0 Å². The van der Waals surface area contributed by atoms with Crippen molar-refractivity contribution in [3.05, 3.63) is 47.5 Å². The molecular formula is C16H14BO8. The van der Waals surface area contributed by atoms with E-state index in [-0.39, 0.29) is 34.1 Å². The van der Waals surface area contributed by atoms with Crippen LogP contribution in [0.1, 0.15) is 20.7 Å². The van der Waals surface area contributed by atoms with Crippen LogP contribution >= 0.6 is 0 Å². The molecule has 0 saturated heterocycles. The highest BCUT2D eigenvalue weighted by Gasteiger charge is 2.19. The smallest absolute Gasteiger partial charge is 0.524 e. The van der Waals surface area contributed by atoms with Gasteiger partial charge in [0.05, 0.1) is 14.2 Å². The number of methoxy groups -OCH3 is 2. The fourth-order valence-corrected chi connectivity index (χ4v) is 2.10. The molecule has 2 N–H and O–H groups in total. The van der Waals surface area contributed by atoms with Gasteiger partial charge in [0, 0.05) is 0 Å². The zero-order valence-corrected chi connectivity index (χ0v) is 13.4. The van der Waals surface area contributed by atoms with Crippen LogP contribution in [0.2, 0.25) is 0 Å². The minimum atomic E-state index is -1.17. The SMILES string of the molecule is COc1c(O[B]Oc2cccc(C(=O)O)c2OC)cccc1C(=O)O. The molecule has 0 aliphatic rings. The zero-order chi connectivity index (χ0) is 18.4. The summed E-state index contributed by atoms with van der Waals surface area (Å²) >= 11 is 0. The van der Waals surface area contributed by atoms with Gasteiger partial charge in [-0.25, -0.2) is 9.59 Å². The maximum Gasteiger partial charge on any atom is 0.658 e. The van der Waals surface area contributed by atoms with E-state index in [2.05, 4.69) is 0 Å². The van der Waals surface area contributed by atoms with Crippen molar-refractivity contribution in [1.82, 2.24) is 0 Å². The van der Waals surface area contributed by atoms with E-state index in [1.165, 1.54) is 50.6 Å². The van der Waals surface area contributed by atoms with Crippen LogP contribution in [0.25, 0.3) is 0 Å². The molecule has 0 amide bonds. The summed E-state index contributed by atoms with van der Waals surface area (Å²) < 4.78 is 20.7. The quantitative estimate of drug-likeness (QED) is 0.700. The summed E-state index contributed by atoms with van der Waals surface area (Å²) in [5.41, 5.74) is -0.141. The molecular weight excluding hydrogens is 331 g/mol. The van der Waals surface area contributed by atoms with Crippen molar-refractivity contribution in [2.24, 2.45) is 0 Å². The van der Waals surface area contributed by atoms with Gasteiger partial charge < -0.3 is 29.0 Å². The van der Waals surface area contributed by atoms with E-state index in [0.717, 1.165) is 7.69 Å². The van der Waals surface area contributed by atoms with Crippen LogP contribution in [0, 0.1) is 0 Å². The zero-order valence-electron chi connectivity index (χ0n) is 13.4. The fraction of sp³-hybridized carbons (Fsp3) is 0.125. The summed E-state index contributed by atoms with van der Waals surface area (Å²) in [6, 6.07) is 8.70. The highest BCUT2D eigenvalue weighted by molar-refractivity contribution is 6.21. The van der Waals surface area contributed by atoms with Gasteiger partial charge in [-0.3, -0.25) is 0 Å². The van der Waals surface area contributed by atoms with Crippen molar-refractivity contribution in [1.29, 1.82) is 0 Å². The normalized spacial score (nSPS) is 9.84. The van der Waals surface area contributed by atoms with Crippen LogP contribution < -0.4 is 18.8 Å². The Morgan fingerprint density at radius 2 is 1.20 bits per heavy atom. The van der Waals surface area contributed by atoms with E-state index in [9.17, 15) is 9.59 Å². The molecule has 0 unspecified atom stereocenters. The first-order valence-corrected chi connectivity index (χ1v) is 6.95. The molecule has 0 bridgehead atoms.